The lowest BCUT2D eigenvalue weighted by atomic mass is 10.0. The number of hydrogen-bond acceptors (Lipinski definition) is 3. The van der Waals surface area contributed by atoms with E-state index in [-0.39, 0.29) is 17.8 Å². The highest BCUT2D eigenvalue weighted by Gasteiger charge is 2.51. The zero-order chi connectivity index (χ0) is 24.9. The summed E-state index contributed by atoms with van der Waals surface area (Å²) in [6.07, 6.45) is -4.50. The van der Waals surface area contributed by atoms with Crippen LogP contribution in [0.3, 0.4) is 0 Å². The number of amides is 3. The lowest BCUT2D eigenvalue weighted by molar-refractivity contribution is -0.137. The van der Waals surface area contributed by atoms with E-state index in [1.54, 1.807) is 13.8 Å². The van der Waals surface area contributed by atoms with Crippen LogP contribution in [0.2, 0.25) is 0 Å². The van der Waals surface area contributed by atoms with E-state index in [4.69, 9.17) is 4.74 Å². The van der Waals surface area contributed by atoms with Crippen LogP contribution in [0.4, 0.5) is 23.7 Å². The lowest BCUT2D eigenvalue weighted by Crippen LogP contribution is -2.43. The van der Waals surface area contributed by atoms with E-state index in [0.717, 1.165) is 51.6 Å². The van der Waals surface area contributed by atoms with E-state index in [9.17, 15) is 22.8 Å². The normalized spacial score (nSPS) is 16.5. The van der Waals surface area contributed by atoms with Gasteiger partial charge in [-0.3, -0.25) is 4.79 Å². The van der Waals surface area contributed by atoms with Crippen molar-refractivity contribution >= 4 is 17.6 Å². The average molecular weight is 463 g/mol. The van der Waals surface area contributed by atoms with Crippen molar-refractivity contribution in [2.24, 2.45) is 0 Å². The fourth-order valence-electron chi connectivity index (χ4n) is 3.91. The van der Waals surface area contributed by atoms with E-state index in [1.165, 1.54) is 4.90 Å². The van der Waals surface area contributed by atoms with E-state index in [1.807, 2.05) is 46.8 Å². The molecule has 0 radical (unpaired) electrons. The molecule has 0 spiro atoms. The first-order valence-electron chi connectivity index (χ1n) is 10.6. The fourth-order valence-corrected chi connectivity index (χ4v) is 3.91. The molecule has 1 aliphatic rings. The van der Waals surface area contributed by atoms with Crippen molar-refractivity contribution in [2.75, 3.05) is 4.90 Å². The molecule has 0 bridgehead atoms. The highest BCUT2D eigenvalue weighted by atomic mass is 19.4. The quantitative estimate of drug-likeness (QED) is 0.505. The topological polar surface area (TPSA) is 49.9 Å². The number of nitrogens with zero attached hydrogens (tertiary/aromatic N) is 2. The molecule has 5 nitrogen and oxygen atoms in total. The Labute approximate surface area is 192 Å². The van der Waals surface area contributed by atoms with Gasteiger partial charge in [0.15, 0.2) is 0 Å². The molecule has 2 aromatic carbocycles. The number of alkyl halides is 3. The molecule has 3 amide bonds. The number of aryl methyl sites for hydroxylation is 2. The van der Waals surface area contributed by atoms with Crippen LogP contribution in [0, 0.1) is 13.8 Å². The maximum Gasteiger partial charge on any atom is 0.416 e. The van der Waals surface area contributed by atoms with Gasteiger partial charge in [0, 0.05) is 6.54 Å². The van der Waals surface area contributed by atoms with Crippen molar-refractivity contribution in [3.63, 3.8) is 0 Å². The summed E-state index contributed by atoms with van der Waals surface area (Å²) in [7, 11) is 0. The predicted molar refractivity (Wildman–Crippen MR) is 120 cm³/mol. The number of imide groups is 1. The number of rotatable bonds is 4. The molecule has 1 heterocycles. The molecule has 0 atom stereocenters. The minimum absolute atomic E-state index is 0.106. The second-order valence-corrected chi connectivity index (χ2v) is 9.89. The summed E-state index contributed by atoms with van der Waals surface area (Å²) >= 11 is 0. The van der Waals surface area contributed by atoms with Crippen LogP contribution >= 0.6 is 0 Å². The van der Waals surface area contributed by atoms with Gasteiger partial charge in [0.25, 0.3) is 5.91 Å². The van der Waals surface area contributed by atoms with Crippen molar-refractivity contribution in [1.29, 1.82) is 0 Å². The first-order chi connectivity index (χ1) is 15.0. The van der Waals surface area contributed by atoms with Crippen molar-refractivity contribution in [3.05, 3.63) is 58.7 Å². The van der Waals surface area contributed by atoms with Gasteiger partial charge in [-0.2, -0.15) is 13.2 Å². The number of benzene rings is 2. The summed E-state index contributed by atoms with van der Waals surface area (Å²) in [5.74, 6) is 0.286. The number of ether oxygens (including phenoxy) is 1. The second kappa shape index (κ2) is 8.08. The average Bonchev–Trinajstić information content (AvgIpc) is 2.83. The lowest BCUT2D eigenvalue weighted by Gasteiger charge is -2.29. The molecule has 3 rings (SSSR count). The number of urea groups is 1. The maximum atomic E-state index is 13.2. The largest absolute Gasteiger partial charge is 0.488 e. The SMILES string of the molecule is Cc1cc(CN2C(=O)N(c3ccc(C(F)(F)F)cc3)C(=O)C2(C)C)cc(C)c1OC(C)(C)C. The first kappa shape index (κ1) is 24.6. The molecule has 1 saturated heterocycles. The van der Waals surface area contributed by atoms with E-state index in [0.29, 0.717) is 0 Å². The molecule has 8 heteroatoms. The van der Waals surface area contributed by atoms with Crippen LogP contribution in [0.1, 0.15) is 56.9 Å². The Morgan fingerprint density at radius 3 is 1.91 bits per heavy atom. The zero-order valence-corrected chi connectivity index (χ0v) is 19.9. The van der Waals surface area contributed by atoms with Gasteiger partial charge in [-0.05, 0) is 89.4 Å². The van der Waals surface area contributed by atoms with E-state index in [2.05, 4.69) is 0 Å². The standard InChI is InChI=1S/C25H29F3N2O3/c1-15-12-17(13-16(2)20(15)33-23(3,4)5)14-29-22(32)30(21(31)24(29,6)7)19-10-8-18(9-11-19)25(26,27)28/h8-13H,14H2,1-7H3. The van der Waals surface area contributed by atoms with E-state index >= 15 is 0 Å². The predicted octanol–water partition coefficient (Wildman–Crippen LogP) is 6.25. The van der Waals surface area contributed by atoms with Gasteiger partial charge >= 0.3 is 12.2 Å². The molecule has 0 unspecified atom stereocenters. The van der Waals surface area contributed by atoms with Crippen LogP contribution in [0.15, 0.2) is 36.4 Å². The fraction of sp³-hybridized carbons (Fsp3) is 0.440. The van der Waals surface area contributed by atoms with Crippen LogP contribution in [0.25, 0.3) is 0 Å². The van der Waals surface area contributed by atoms with Crippen molar-refractivity contribution in [3.8, 4) is 5.75 Å². The molecule has 0 aromatic heterocycles. The summed E-state index contributed by atoms with van der Waals surface area (Å²) < 4.78 is 44.7. The number of hydrogen-bond donors (Lipinski definition) is 0. The smallest absolute Gasteiger partial charge is 0.416 e. The zero-order valence-electron chi connectivity index (χ0n) is 19.9. The van der Waals surface area contributed by atoms with Crippen LogP contribution in [-0.2, 0) is 17.5 Å². The Kier molecular flexibility index (Phi) is 6.02. The number of carbonyl (C=O) groups is 2. The van der Waals surface area contributed by atoms with Crippen molar-refractivity contribution < 1.29 is 27.5 Å². The third-order valence-corrected chi connectivity index (χ3v) is 5.55. The molecule has 0 saturated carbocycles. The molecule has 33 heavy (non-hydrogen) atoms. The summed E-state index contributed by atoms with van der Waals surface area (Å²) in [4.78, 5) is 28.7. The van der Waals surface area contributed by atoms with Gasteiger partial charge in [-0.15, -0.1) is 0 Å². The number of halogens is 3. The van der Waals surface area contributed by atoms with Crippen LogP contribution in [-0.4, -0.2) is 28.0 Å². The second-order valence-electron chi connectivity index (χ2n) is 9.89. The third kappa shape index (κ3) is 4.84. The maximum absolute atomic E-state index is 13.2. The molecule has 1 fully saturated rings. The number of carbonyl (C=O) groups excluding carboxylic acids is 2. The Balaban J connectivity index is 1.90. The van der Waals surface area contributed by atoms with Crippen LogP contribution < -0.4 is 9.64 Å². The highest BCUT2D eigenvalue weighted by molar-refractivity contribution is 6.22. The minimum atomic E-state index is -4.50. The molecular formula is C25H29F3N2O3. The van der Waals surface area contributed by atoms with Crippen molar-refractivity contribution in [1.82, 2.24) is 4.90 Å². The van der Waals surface area contributed by atoms with E-state index < -0.39 is 29.2 Å². The molecular weight excluding hydrogens is 433 g/mol. The minimum Gasteiger partial charge on any atom is -0.488 e. The third-order valence-electron chi connectivity index (χ3n) is 5.55. The van der Waals surface area contributed by atoms with Gasteiger partial charge in [0.05, 0.1) is 11.3 Å². The van der Waals surface area contributed by atoms with Gasteiger partial charge in [-0.25, -0.2) is 9.69 Å². The monoisotopic (exact) mass is 462 g/mol. The van der Waals surface area contributed by atoms with Gasteiger partial charge < -0.3 is 9.64 Å². The molecule has 178 valence electrons. The Morgan fingerprint density at radius 1 is 0.939 bits per heavy atom. The Hall–Kier alpha value is -3.03. The summed E-state index contributed by atoms with van der Waals surface area (Å²) in [5.41, 5.74) is 0.390. The molecule has 0 N–H and O–H groups in total. The first-order valence-corrected chi connectivity index (χ1v) is 10.6. The van der Waals surface area contributed by atoms with Crippen LogP contribution in [0.5, 0.6) is 5.75 Å². The Bertz CT molecular complexity index is 1060. The summed E-state index contributed by atoms with van der Waals surface area (Å²) in [6, 6.07) is 7.29. The van der Waals surface area contributed by atoms with Gasteiger partial charge in [0.2, 0.25) is 0 Å². The van der Waals surface area contributed by atoms with Crippen molar-refractivity contribution in [2.45, 2.75) is 72.3 Å². The molecule has 0 aliphatic carbocycles. The Morgan fingerprint density at radius 2 is 1.45 bits per heavy atom. The van der Waals surface area contributed by atoms with Gasteiger partial charge in [0.1, 0.15) is 16.9 Å². The summed E-state index contributed by atoms with van der Waals surface area (Å²) in [5, 5.41) is 0. The molecule has 1 aliphatic heterocycles. The van der Waals surface area contributed by atoms with Gasteiger partial charge in [-0.1, -0.05) is 12.1 Å². The summed E-state index contributed by atoms with van der Waals surface area (Å²) in [6.45, 7) is 13.2. The molecule has 2 aromatic rings. The highest BCUT2D eigenvalue weighted by Crippen LogP contribution is 2.36. The number of anilines is 1.